The summed E-state index contributed by atoms with van der Waals surface area (Å²) in [6.07, 6.45) is 4.51. The molecule has 164 valence electrons. The van der Waals surface area contributed by atoms with Crippen molar-refractivity contribution in [3.63, 3.8) is 0 Å². The molecule has 1 spiro atoms. The van der Waals surface area contributed by atoms with Crippen LogP contribution in [0.15, 0.2) is 36.7 Å². The predicted octanol–water partition coefficient (Wildman–Crippen LogP) is 2.09. The molecule has 0 aliphatic carbocycles. The molecule has 1 aromatic heterocycles. The summed E-state index contributed by atoms with van der Waals surface area (Å²) in [7, 11) is 0. The van der Waals surface area contributed by atoms with Crippen molar-refractivity contribution in [2.45, 2.75) is 37.4 Å². The number of H-pyrrole nitrogens is 1. The van der Waals surface area contributed by atoms with E-state index in [1.165, 1.54) is 0 Å². The van der Waals surface area contributed by atoms with Crippen molar-refractivity contribution in [2.24, 2.45) is 0 Å². The Balaban J connectivity index is 1.26. The van der Waals surface area contributed by atoms with Gasteiger partial charge >= 0.3 is 0 Å². The monoisotopic (exact) mass is 424 g/mol. The third kappa shape index (κ3) is 3.97. The number of morpholine rings is 1. The van der Waals surface area contributed by atoms with Crippen LogP contribution in [0.3, 0.4) is 0 Å². The summed E-state index contributed by atoms with van der Waals surface area (Å²) in [6, 6.07) is 9.73. The number of amides is 2. The molecule has 1 N–H and O–H groups in total. The van der Waals surface area contributed by atoms with E-state index >= 15 is 0 Å². The molecular formula is C23H28N4O4. The number of carbonyl (C=O) groups excluding carboxylic acids is 2. The molecule has 8 nitrogen and oxygen atoms in total. The maximum Gasteiger partial charge on any atom is 0.272 e. The number of hydrogen-bond acceptors (Lipinski definition) is 5. The highest BCUT2D eigenvalue weighted by molar-refractivity contribution is 5.98. The number of rotatable bonds is 3. The minimum Gasteiger partial charge on any atom is -0.371 e. The summed E-state index contributed by atoms with van der Waals surface area (Å²) in [5, 5.41) is 0. The fraction of sp³-hybridized carbons (Fsp3) is 0.522. The zero-order chi connectivity index (χ0) is 21.3. The Labute approximate surface area is 181 Å². The molecule has 1 atom stereocenters. The van der Waals surface area contributed by atoms with Gasteiger partial charge in [0, 0.05) is 31.8 Å². The van der Waals surface area contributed by atoms with Gasteiger partial charge < -0.3 is 24.3 Å². The standard InChI is InChI=1S/C23H28N4O4/c28-21(18-7-4-13-30-18)26-10-8-23(9-11-26)15-27(12-14-31-23)22(29)20-19(24-16-25-20)17-5-2-1-3-6-17/h1-3,5-6,16,18H,4,7-15H2,(H,24,25). The van der Waals surface area contributed by atoms with Crippen molar-refractivity contribution in [3.8, 4) is 11.3 Å². The third-order valence-electron chi connectivity index (χ3n) is 6.63. The van der Waals surface area contributed by atoms with Gasteiger partial charge in [0.1, 0.15) is 17.5 Å². The van der Waals surface area contributed by atoms with Crippen LogP contribution in [0.4, 0.5) is 0 Å². The summed E-state index contributed by atoms with van der Waals surface area (Å²) in [5.41, 5.74) is 1.70. The summed E-state index contributed by atoms with van der Waals surface area (Å²) >= 11 is 0. The number of hydrogen-bond donors (Lipinski definition) is 1. The fourth-order valence-corrected chi connectivity index (χ4v) is 4.86. The smallest absolute Gasteiger partial charge is 0.272 e. The van der Waals surface area contributed by atoms with Crippen LogP contribution in [0.5, 0.6) is 0 Å². The first-order chi connectivity index (χ1) is 15.2. The lowest BCUT2D eigenvalue weighted by molar-refractivity contribution is -0.154. The molecular weight excluding hydrogens is 396 g/mol. The number of nitrogens with one attached hydrogen (secondary N) is 1. The quantitative estimate of drug-likeness (QED) is 0.815. The van der Waals surface area contributed by atoms with Gasteiger partial charge in [0.2, 0.25) is 0 Å². The number of piperidine rings is 1. The SMILES string of the molecule is O=C(c1[nH]cnc1-c1ccccc1)N1CCOC2(CCN(C(=O)C3CCCO3)CC2)C1. The molecule has 4 heterocycles. The molecule has 0 saturated carbocycles. The first-order valence-corrected chi connectivity index (χ1v) is 11.1. The van der Waals surface area contributed by atoms with Gasteiger partial charge in [-0.25, -0.2) is 4.98 Å². The Kier molecular flexibility index (Phi) is 5.50. The van der Waals surface area contributed by atoms with Crippen molar-refractivity contribution in [2.75, 3.05) is 39.4 Å². The summed E-state index contributed by atoms with van der Waals surface area (Å²) in [5.74, 6) is 0.0398. The van der Waals surface area contributed by atoms with Crippen molar-refractivity contribution in [1.82, 2.24) is 19.8 Å². The molecule has 1 aromatic carbocycles. The summed E-state index contributed by atoms with van der Waals surface area (Å²) in [6.45, 7) is 3.53. The van der Waals surface area contributed by atoms with E-state index in [1.54, 1.807) is 6.33 Å². The summed E-state index contributed by atoms with van der Waals surface area (Å²) < 4.78 is 11.7. The number of aromatic nitrogens is 2. The van der Waals surface area contributed by atoms with Crippen molar-refractivity contribution < 1.29 is 19.1 Å². The van der Waals surface area contributed by atoms with Crippen LogP contribution in [-0.4, -0.2) is 82.7 Å². The van der Waals surface area contributed by atoms with Crippen LogP contribution in [0, 0.1) is 0 Å². The van der Waals surface area contributed by atoms with E-state index in [1.807, 2.05) is 40.1 Å². The Morgan fingerprint density at radius 1 is 1.06 bits per heavy atom. The van der Waals surface area contributed by atoms with E-state index in [-0.39, 0.29) is 17.9 Å². The van der Waals surface area contributed by atoms with Gasteiger partial charge in [0.25, 0.3) is 11.8 Å². The highest BCUT2D eigenvalue weighted by Gasteiger charge is 2.43. The highest BCUT2D eigenvalue weighted by atomic mass is 16.5. The molecule has 3 saturated heterocycles. The van der Waals surface area contributed by atoms with Crippen molar-refractivity contribution in [3.05, 3.63) is 42.4 Å². The van der Waals surface area contributed by atoms with Gasteiger partial charge in [-0.15, -0.1) is 0 Å². The van der Waals surface area contributed by atoms with Gasteiger partial charge in [-0.05, 0) is 25.7 Å². The maximum absolute atomic E-state index is 13.3. The van der Waals surface area contributed by atoms with Gasteiger partial charge in [-0.3, -0.25) is 9.59 Å². The number of likely N-dealkylation sites (tertiary alicyclic amines) is 1. The van der Waals surface area contributed by atoms with Crippen LogP contribution in [0.25, 0.3) is 11.3 Å². The minimum absolute atomic E-state index is 0.0584. The topological polar surface area (TPSA) is 87.8 Å². The van der Waals surface area contributed by atoms with Crippen molar-refractivity contribution in [1.29, 1.82) is 0 Å². The number of ether oxygens (including phenoxy) is 2. The molecule has 0 bridgehead atoms. The van der Waals surface area contributed by atoms with E-state index in [0.29, 0.717) is 50.8 Å². The Bertz CT molecular complexity index is 930. The van der Waals surface area contributed by atoms with Crippen LogP contribution in [0.2, 0.25) is 0 Å². The lowest BCUT2D eigenvalue weighted by Gasteiger charge is -2.47. The first-order valence-electron chi connectivity index (χ1n) is 11.1. The molecule has 2 aromatic rings. The van der Waals surface area contributed by atoms with Crippen LogP contribution >= 0.6 is 0 Å². The van der Waals surface area contributed by atoms with E-state index < -0.39 is 5.60 Å². The maximum atomic E-state index is 13.3. The number of imidazole rings is 1. The minimum atomic E-state index is -0.395. The fourth-order valence-electron chi connectivity index (χ4n) is 4.86. The second-order valence-electron chi connectivity index (χ2n) is 8.58. The highest BCUT2D eigenvalue weighted by Crippen LogP contribution is 2.32. The third-order valence-corrected chi connectivity index (χ3v) is 6.63. The molecule has 31 heavy (non-hydrogen) atoms. The van der Waals surface area contributed by atoms with E-state index in [0.717, 1.165) is 31.2 Å². The second kappa shape index (κ2) is 8.43. The van der Waals surface area contributed by atoms with Gasteiger partial charge in [-0.1, -0.05) is 30.3 Å². The molecule has 3 aliphatic rings. The average Bonchev–Trinajstić information content (AvgIpc) is 3.52. The van der Waals surface area contributed by atoms with E-state index in [2.05, 4.69) is 9.97 Å². The lowest BCUT2D eigenvalue weighted by atomic mass is 9.89. The summed E-state index contributed by atoms with van der Waals surface area (Å²) in [4.78, 5) is 37.2. The Morgan fingerprint density at radius 2 is 1.87 bits per heavy atom. The van der Waals surface area contributed by atoms with Crippen LogP contribution < -0.4 is 0 Å². The lowest BCUT2D eigenvalue weighted by Crippen LogP contribution is -2.59. The van der Waals surface area contributed by atoms with Crippen LogP contribution in [-0.2, 0) is 14.3 Å². The molecule has 5 rings (SSSR count). The Morgan fingerprint density at radius 3 is 2.61 bits per heavy atom. The zero-order valence-corrected chi connectivity index (χ0v) is 17.6. The van der Waals surface area contributed by atoms with Gasteiger partial charge in [-0.2, -0.15) is 0 Å². The molecule has 2 amide bonds. The number of nitrogens with zero attached hydrogens (tertiary/aromatic N) is 3. The first kappa shape index (κ1) is 20.2. The van der Waals surface area contributed by atoms with Gasteiger partial charge in [0.15, 0.2) is 0 Å². The second-order valence-corrected chi connectivity index (χ2v) is 8.58. The normalized spacial score (nSPS) is 23.3. The average molecular weight is 425 g/mol. The largest absolute Gasteiger partial charge is 0.371 e. The van der Waals surface area contributed by atoms with Crippen LogP contribution in [0.1, 0.15) is 36.2 Å². The van der Waals surface area contributed by atoms with Crippen molar-refractivity contribution >= 4 is 11.8 Å². The Hall–Kier alpha value is -2.71. The van der Waals surface area contributed by atoms with Gasteiger partial charge in [0.05, 0.1) is 25.1 Å². The number of carbonyl (C=O) groups is 2. The van der Waals surface area contributed by atoms with E-state index in [9.17, 15) is 9.59 Å². The van der Waals surface area contributed by atoms with E-state index in [4.69, 9.17) is 9.47 Å². The molecule has 1 unspecified atom stereocenters. The molecule has 3 aliphatic heterocycles. The zero-order valence-electron chi connectivity index (χ0n) is 17.6. The molecule has 0 radical (unpaired) electrons. The molecule has 8 heteroatoms. The molecule has 3 fully saturated rings. The number of benzene rings is 1. The number of aromatic amines is 1. The predicted molar refractivity (Wildman–Crippen MR) is 113 cm³/mol.